The highest BCUT2D eigenvalue weighted by Crippen LogP contribution is 2.28. The van der Waals surface area contributed by atoms with Gasteiger partial charge in [-0.15, -0.1) is 0 Å². The third-order valence-electron chi connectivity index (χ3n) is 6.39. The Morgan fingerprint density at radius 2 is 1.63 bits per heavy atom. The SMILES string of the molecule is O=C(NC1CN2CCC1CC2)c1ccc(=O)n(-c2ccccc2-c2ccccc2)c1. The average Bonchev–Trinajstić information content (AvgIpc) is 2.81. The number of carbonyl (C=O) groups excluding carboxylic acids is 1. The molecule has 5 nitrogen and oxygen atoms in total. The van der Waals surface area contributed by atoms with Crippen molar-refractivity contribution in [1.29, 1.82) is 0 Å². The van der Waals surface area contributed by atoms with Crippen LogP contribution in [-0.4, -0.2) is 41.1 Å². The number of fused-ring (bicyclic) bond motifs is 3. The maximum atomic E-state index is 13.0. The molecule has 3 aromatic rings. The van der Waals surface area contributed by atoms with Crippen LogP contribution >= 0.6 is 0 Å². The zero-order valence-corrected chi connectivity index (χ0v) is 16.8. The number of piperidine rings is 3. The standard InChI is InChI=1S/C25H25N3O2/c29-24-11-10-20(25(30)26-22-17-27-14-12-19(22)13-15-27)16-28(24)23-9-5-4-8-21(23)18-6-2-1-3-7-18/h1-11,16,19,22H,12-15,17H2,(H,26,30). The minimum atomic E-state index is -0.155. The van der Waals surface area contributed by atoms with Gasteiger partial charge in [-0.2, -0.15) is 0 Å². The van der Waals surface area contributed by atoms with Crippen LogP contribution in [0.15, 0.2) is 77.7 Å². The Morgan fingerprint density at radius 3 is 2.37 bits per heavy atom. The van der Waals surface area contributed by atoms with Crippen LogP contribution in [0.25, 0.3) is 16.8 Å². The van der Waals surface area contributed by atoms with Gasteiger partial charge in [-0.25, -0.2) is 0 Å². The van der Waals surface area contributed by atoms with Gasteiger partial charge in [0.05, 0.1) is 11.3 Å². The zero-order valence-electron chi connectivity index (χ0n) is 16.8. The fourth-order valence-electron chi connectivity index (χ4n) is 4.74. The fourth-order valence-corrected chi connectivity index (χ4v) is 4.74. The predicted molar refractivity (Wildman–Crippen MR) is 118 cm³/mol. The third-order valence-corrected chi connectivity index (χ3v) is 6.39. The first-order chi connectivity index (χ1) is 14.7. The number of benzene rings is 2. The van der Waals surface area contributed by atoms with E-state index in [1.165, 1.54) is 6.07 Å². The molecule has 5 heteroatoms. The highest BCUT2D eigenvalue weighted by atomic mass is 16.2. The third kappa shape index (κ3) is 3.57. The minimum absolute atomic E-state index is 0.111. The Labute approximate surface area is 176 Å². The molecule has 3 aliphatic rings. The maximum Gasteiger partial charge on any atom is 0.255 e. The lowest BCUT2D eigenvalue weighted by molar-refractivity contribution is 0.0620. The Hall–Kier alpha value is -3.18. The molecule has 6 rings (SSSR count). The van der Waals surface area contributed by atoms with Gasteiger partial charge in [0.15, 0.2) is 0 Å². The first-order valence-electron chi connectivity index (χ1n) is 10.6. The summed E-state index contributed by atoms with van der Waals surface area (Å²) >= 11 is 0. The molecule has 0 spiro atoms. The molecular weight excluding hydrogens is 374 g/mol. The van der Waals surface area contributed by atoms with Crippen LogP contribution in [0.4, 0.5) is 0 Å². The van der Waals surface area contributed by atoms with E-state index in [9.17, 15) is 9.59 Å². The van der Waals surface area contributed by atoms with Crippen molar-refractivity contribution in [3.05, 3.63) is 88.8 Å². The number of amides is 1. The Balaban J connectivity index is 1.46. The van der Waals surface area contributed by atoms with Crippen molar-refractivity contribution in [1.82, 2.24) is 14.8 Å². The van der Waals surface area contributed by atoms with E-state index in [0.717, 1.165) is 49.3 Å². The van der Waals surface area contributed by atoms with Gasteiger partial charge in [0.2, 0.25) is 0 Å². The molecule has 3 aliphatic heterocycles. The van der Waals surface area contributed by atoms with Gasteiger partial charge in [-0.05, 0) is 49.5 Å². The molecule has 3 fully saturated rings. The maximum absolute atomic E-state index is 13.0. The lowest BCUT2D eigenvalue weighted by atomic mass is 9.84. The van der Waals surface area contributed by atoms with Crippen LogP contribution in [-0.2, 0) is 0 Å². The van der Waals surface area contributed by atoms with Crippen LogP contribution in [0.5, 0.6) is 0 Å². The second kappa shape index (κ2) is 7.92. The van der Waals surface area contributed by atoms with Crippen LogP contribution in [0.2, 0.25) is 0 Å². The van der Waals surface area contributed by atoms with Gasteiger partial charge < -0.3 is 10.2 Å². The summed E-state index contributed by atoms with van der Waals surface area (Å²) in [5.41, 5.74) is 3.11. The van der Waals surface area contributed by atoms with Crippen molar-refractivity contribution in [2.45, 2.75) is 18.9 Å². The molecule has 30 heavy (non-hydrogen) atoms. The van der Waals surface area contributed by atoms with E-state index in [-0.39, 0.29) is 17.5 Å². The van der Waals surface area contributed by atoms with E-state index < -0.39 is 0 Å². The van der Waals surface area contributed by atoms with Crippen LogP contribution in [0, 0.1) is 5.92 Å². The van der Waals surface area contributed by atoms with Gasteiger partial charge in [-0.1, -0.05) is 48.5 Å². The number of nitrogens with zero attached hydrogens (tertiary/aromatic N) is 2. The normalized spacial score (nSPS) is 22.6. The number of hydrogen-bond donors (Lipinski definition) is 1. The number of para-hydroxylation sites is 1. The van der Waals surface area contributed by atoms with Crippen LogP contribution in [0.3, 0.4) is 0 Å². The lowest BCUT2D eigenvalue weighted by Crippen LogP contribution is -2.57. The van der Waals surface area contributed by atoms with Gasteiger partial charge >= 0.3 is 0 Å². The molecular formula is C25H25N3O2. The summed E-state index contributed by atoms with van der Waals surface area (Å²) in [7, 11) is 0. The monoisotopic (exact) mass is 399 g/mol. The van der Waals surface area contributed by atoms with Crippen LogP contribution in [0.1, 0.15) is 23.2 Å². The highest BCUT2D eigenvalue weighted by Gasteiger charge is 2.35. The molecule has 3 saturated heterocycles. The van der Waals surface area contributed by atoms with E-state index in [1.54, 1.807) is 16.8 Å². The zero-order chi connectivity index (χ0) is 20.5. The van der Waals surface area contributed by atoms with Crippen molar-refractivity contribution in [3.8, 4) is 16.8 Å². The number of hydrogen-bond acceptors (Lipinski definition) is 3. The summed E-state index contributed by atoms with van der Waals surface area (Å²) in [5.74, 6) is 0.448. The Morgan fingerprint density at radius 1 is 0.900 bits per heavy atom. The molecule has 0 aliphatic carbocycles. The Bertz CT molecular complexity index is 1110. The number of rotatable bonds is 4. The number of pyridine rings is 1. The quantitative estimate of drug-likeness (QED) is 0.732. The van der Waals surface area contributed by atoms with E-state index >= 15 is 0 Å². The first-order valence-corrected chi connectivity index (χ1v) is 10.6. The second-order valence-electron chi connectivity index (χ2n) is 8.23. The molecule has 1 atom stereocenters. The summed E-state index contributed by atoms with van der Waals surface area (Å²) < 4.78 is 1.58. The van der Waals surface area contributed by atoms with Crippen molar-refractivity contribution in [2.75, 3.05) is 19.6 Å². The summed E-state index contributed by atoms with van der Waals surface area (Å²) in [6, 6.07) is 21.1. The molecule has 152 valence electrons. The molecule has 0 saturated carbocycles. The molecule has 1 N–H and O–H groups in total. The highest BCUT2D eigenvalue weighted by molar-refractivity contribution is 5.94. The Kier molecular flexibility index (Phi) is 4.97. The molecule has 2 bridgehead atoms. The summed E-state index contributed by atoms with van der Waals surface area (Å²) in [5, 5.41) is 3.22. The topological polar surface area (TPSA) is 54.3 Å². The number of carbonyl (C=O) groups is 1. The number of nitrogens with one attached hydrogen (secondary N) is 1. The molecule has 0 radical (unpaired) electrons. The van der Waals surface area contributed by atoms with Crippen molar-refractivity contribution in [2.24, 2.45) is 5.92 Å². The van der Waals surface area contributed by atoms with E-state index in [1.807, 2.05) is 54.6 Å². The lowest BCUT2D eigenvalue weighted by Gasteiger charge is -2.44. The smallest absolute Gasteiger partial charge is 0.255 e. The summed E-state index contributed by atoms with van der Waals surface area (Å²) in [6.45, 7) is 3.20. The van der Waals surface area contributed by atoms with Crippen LogP contribution < -0.4 is 10.9 Å². The molecule has 1 aromatic heterocycles. The fraction of sp³-hybridized carbons (Fsp3) is 0.280. The predicted octanol–water partition coefficient (Wildman–Crippen LogP) is 3.33. The minimum Gasteiger partial charge on any atom is -0.348 e. The molecule has 2 aromatic carbocycles. The van der Waals surface area contributed by atoms with Crippen molar-refractivity contribution in [3.63, 3.8) is 0 Å². The first kappa shape index (κ1) is 18.8. The summed E-state index contributed by atoms with van der Waals surface area (Å²) in [6.07, 6.45) is 3.96. The van der Waals surface area contributed by atoms with Gasteiger partial charge in [0, 0.05) is 30.4 Å². The van der Waals surface area contributed by atoms with E-state index in [0.29, 0.717) is 11.5 Å². The van der Waals surface area contributed by atoms with E-state index in [4.69, 9.17) is 0 Å². The molecule has 1 unspecified atom stereocenters. The summed E-state index contributed by atoms with van der Waals surface area (Å²) in [4.78, 5) is 28.1. The van der Waals surface area contributed by atoms with E-state index in [2.05, 4.69) is 10.2 Å². The van der Waals surface area contributed by atoms with Gasteiger partial charge in [0.1, 0.15) is 0 Å². The molecule has 4 heterocycles. The van der Waals surface area contributed by atoms with Gasteiger partial charge in [0.25, 0.3) is 11.5 Å². The van der Waals surface area contributed by atoms with Crippen molar-refractivity contribution >= 4 is 5.91 Å². The van der Waals surface area contributed by atoms with Gasteiger partial charge in [-0.3, -0.25) is 14.2 Å². The number of aromatic nitrogens is 1. The second-order valence-corrected chi connectivity index (χ2v) is 8.23. The van der Waals surface area contributed by atoms with Crippen molar-refractivity contribution < 1.29 is 4.79 Å². The largest absolute Gasteiger partial charge is 0.348 e. The molecule has 1 amide bonds. The average molecular weight is 399 g/mol.